The predicted molar refractivity (Wildman–Crippen MR) is 81.5 cm³/mol. The third kappa shape index (κ3) is 4.88. The van der Waals surface area contributed by atoms with Crippen molar-refractivity contribution in [2.24, 2.45) is 0 Å². The van der Waals surface area contributed by atoms with Crippen LogP contribution in [0.15, 0.2) is 0 Å². The van der Waals surface area contributed by atoms with E-state index in [0.717, 1.165) is 25.7 Å². The normalized spacial score (nSPS) is 24.8. The van der Waals surface area contributed by atoms with Crippen LogP contribution in [0.3, 0.4) is 0 Å². The molecule has 2 aliphatic rings. The number of sulfonamides is 1. The van der Waals surface area contributed by atoms with Crippen LogP contribution in [-0.2, 0) is 20.2 Å². The fourth-order valence-corrected chi connectivity index (χ4v) is 5.29. The molecule has 124 valence electrons. The summed E-state index contributed by atoms with van der Waals surface area (Å²) < 4.78 is 53.3. The highest BCUT2D eigenvalue weighted by molar-refractivity contribution is 7.88. The van der Waals surface area contributed by atoms with E-state index in [1.807, 2.05) is 0 Å². The molecule has 21 heavy (non-hydrogen) atoms. The molecular weight excluding hydrogens is 314 g/mol. The summed E-state index contributed by atoms with van der Waals surface area (Å²) in [4.78, 5) is 0. The molecule has 0 aromatic carbocycles. The van der Waals surface area contributed by atoms with Crippen molar-refractivity contribution in [1.82, 2.24) is 13.3 Å². The number of hydrogen-bond acceptors (Lipinski definition) is 4. The highest BCUT2D eigenvalue weighted by atomic mass is 32.2. The van der Waals surface area contributed by atoms with Crippen molar-refractivity contribution in [2.75, 3.05) is 32.4 Å². The van der Waals surface area contributed by atoms with Crippen molar-refractivity contribution in [3.63, 3.8) is 0 Å². The van der Waals surface area contributed by atoms with E-state index in [1.165, 1.54) is 14.9 Å². The van der Waals surface area contributed by atoms with Crippen LogP contribution in [0.25, 0.3) is 0 Å². The Morgan fingerprint density at radius 1 is 0.810 bits per heavy atom. The van der Waals surface area contributed by atoms with Crippen molar-refractivity contribution in [2.45, 2.75) is 44.6 Å². The molecule has 9 heteroatoms. The van der Waals surface area contributed by atoms with Gasteiger partial charge in [0.05, 0.1) is 6.26 Å². The summed E-state index contributed by atoms with van der Waals surface area (Å²) in [6, 6.07) is -0.170. The van der Waals surface area contributed by atoms with E-state index in [1.54, 1.807) is 0 Å². The molecule has 0 aromatic heterocycles. The Morgan fingerprint density at radius 2 is 1.33 bits per heavy atom. The molecule has 2 heterocycles. The Balaban J connectivity index is 1.90. The topological polar surface area (TPSA) is 86.8 Å². The number of rotatable bonds is 4. The quantitative estimate of drug-likeness (QED) is 0.788. The zero-order valence-corrected chi connectivity index (χ0v) is 14.1. The Labute approximate surface area is 127 Å². The number of nitrogens with one attached hydrogen (secondary N) is 1. The molecule has 0 unspecified atom stereocenters. The standard InChI is InChI=1S/C12H25N3O4S2/c1-20(16,17)14-10-6-12(7-11-14)13-21(18,19)15-8-4-2-3-5-9-15/h12-13H,2-11H2,1H3. The molecule has 0 aliphatic carbocycles. The third-order valence-electron chi connectivity index (χ3n) is 4.14. The van der Waals surface area contributed by atoms with E-state index in [-0.39, 0.29) is 6.04 Å². The van der Waals surface area contributed by atoms with E-state index in [9.17, 15) is 16.8 Å². The van der Waals surface area contributed by atoms with Crippen LogP contribution in [0, 0.1) is 0 Å². The van der Waals surface area contributed by atoms with Gasteiger partial charge in [-0.2, -0.15) is 17.4 Å². The lowest BCUT2D eigenvalue weighted by Gasteiger charge is -2.32. The molecule has 1 N–H and O–H groups in total. The minimum atomic E-state index is -3.44. The second-order valence-electron chi connectivity index (χ2n) is 5.87. The summed E-state index contributed by atoms with van der Waals surface area (Å²) in [6.45, 7) is 1.92. The minimum absolute atomic E-state index is 0.170. The summed E-state index contributed by atoms with van der Waals surface area (Å²) in [5.74, 6) is 0. The summed E-state index contributed by atoms with van der Waals surface area (Å²) in [5.41, 5.74) is 0. The van der Waals surface area contributed by atoms with E-state index >= 15 is 0 Å². The van der Waals surface area contributed by atoms with Gasteiger partial charge in [-0.25, -0.2) is 12.7 Å². The van der Waals surface area contributed by atoms with E-state index in [4.69, 9.17) is 0 Å². The molecule has 0 bridgehead atoms. The fraction of sp³-hybridized carbons (Fsp3) is 1.00. The molecule has 2 saturated heterocycles. The molecule has 2 aliphatic heterocycles. The summed E-state index contributed by atoms with van der Waals surface area (Å²) in [5, 5.41) is 0. The molecule has 2 rings (SSSR count). The predicted octanol–water partition coefficient (Wildman–Crippen LogP) is 0.121. The Morgan fingerprint density at radius 3 is 1.81 bits per heavy atom. The lowest BCUT2D eigenvalue weighted by atomic mass is 10.1. The van der Waals surface area contributed by atoms with Gasteiger partial charge in [0.25, 0.3) is 10.2 Å². The number of hydrogen-bond donors (Lipinski definition) is 1. The van der Waals surface area contributed by atoms with Crippen LogP contribution in [0.1, 0.15) is 38.5 Å². The van der Waals surface area contributed by atoms with Gasteiger partial charge >= 0.3 is 0 Å². The van der Waals surface area contributed by atoms with E-state index in [2.05, 4.69) is 4.72 Å². The first kappa shape index (κ1) is 17.1. The number of nitrogens with zero attached hydrogens (tertiary/aromatic N) is 2. The van der Waals surface area contributed by atoms with Crippen molar-refractivity contribution >= 4 is 20.2 Å². The van der Waals surface area contributed by atoms with Gasteiger partial charge in [0.2, 0.25) is 10.0 Å². The molecule has 0 saturated carbocycles. The molecule has 0 aromatic rings. The average Bonchev–Trinajstić information content (AvgIpc) is 2.67. The number of piperidine rings is 1. The van der Waals surface area contributed by atoms with Crippen molar-refractivity contribution in [3.8, 4) is 0 Å². The maximum atomic E-state index is 12.4. The molecule has 0 radical (unpaired) electrons. The van der Waals surface area contributed by atoms with Gasteiger partial charge in [-0.1, -0.05) is 12.8 Å². The van der Waals surface area contributed by atoms with E-state index in [0.29, 0.717) is 39.0 Å². The van der Waals surface area contributed by atoms with Gasteiger partial charge in [0, 0.05) is 32.2 Å². The largest absolute Gasteiger partial charge is 0.279 e. The van der Waals surface area contributed by atoms with Gasteiger partial charge in [-0.05, 0) is 25.7 Å². The first-order valence-electron chi connectivity index (χ1n) is 7.51. The van der Waals surface area contributed by atoms with Gasteiger partial charge < -0.3 is 0 Å². The van der Waals surface area contributed by atoms with Crippen LogP contribution in [-0.4, -0.2) is 63.9 Å². The van der Waals surface area contributed by atoms with Crippen molar-refractivity contribution in [1.29, 1.82) is 0 Å². The highest BCUT2D eigenvalue weighted by Crippen LogP contribution is 2.17. The first-order valence-corrected chi connectivity index (χ1v) is 10.8. The zero-order valence-electron chi connectivity index (χ0n) is 12.5. The average molecular weight is 339 g/mol. The van der Waals surface area contributed by atoms with Crippen molar-refractivity contribution in [3.05, 3.63) is 0 Å². The summed E-state index contributed by atoms with van der Waals surface area (Å²) in [7, 11) is -6.62. The maximum Gasteiger partial charge on any atom is 0.279 e. The van der Waals surface area contributed by atoms with Crippen LogP contribution in [0.5, 0.6) is 0 Å². The monoisotopic (exact) mass is 339 g/mol. The molecule has 0 atom stereocenters. The fourth-order valence-electron chi connectivity index (χ4n) is 2.87. The van der Waals surface area contributed by atoms with Crippen LogP contribution in [0.4, 0.5) is 0 Å². The Kier molecular flexibility index (Phi) is 5.64. The van der Waals surface area contributed by atoms with Crippen molar-refractivity contribution < 1.29 is 16.8 Å². The van der Waals surface area contributed by atoms with Crippen LogP contribution < -0.4 is 4.72 Å². The molecule has 2 fully saturated rings. The maximum absolute atomic E-state index is 12.4. The lowest BCUT2D eigenvalue weighted by Crippen LogP contribution is -2.50. The Hall–Kier alpha value is -0.220. The second-order valence-corrected chi connectivity index (χ2v) is 9.56. The third-order valence-corrected chi connectivity index (χ3v) is 7.12. The van der Waals surface area contributed by atoms with Gasteiger partial charge in [0.1, 0.15) is 0 Å². The van der Waals surface area contributed by atoms with Gasteiger partial charge in [0.15, 0.2) is 0 Å². The molecule has 0 amide bonds. The Bertz CT molecular complexity index is 531. The lowest BCUT2D eigenvalue weighted by molar-refractivity contribution is 0.304. The summed E-state index contributed by atoms with van der Waals surface area (Å²) in [6.07, 6.45) is 6.23. The second kappa shape index (κ2) is 6.91. The minimum Gasteiger partial charge on any atom is -0.213 e. The van der Waals surface area contributed by atoms with Crippen LogP contribution in [0.2, 0.25) is 0 Å². The van der Waals surface area contributed by atoms with Crippen LogP contribution >= 0.6 is 0 Å². The van der Waals surface area contributed by atoms with Gasteiger partial charge in [-0.15, -0.1) is 0 Å². The first-order chi connectivity index (χ1) is 9.79. The molecular formula is C12H25N3O4S2. The zero-order chi connectivity index (χ0) is 15.5. The van der Waals surface area contributed by atoms with Gasteiger partial charge in [-0.3, -0.25) is 0 Å². The highest BCUT2D eigenvalue weighted by Gasteiger charge is 2.30. The SMILES string of the molecule is CS(=O)(=O)N1CCC(NS(=O)(=O)N2CCCCCC2)CC1. The van der Waals surface area contributed by atoms with E-state index < -0.39 is 20.2 Å². The smallest absolute Gasteiger partial charge is 0.213 e. The summed E-state index contributed by atoms with van der Waals surface area (Å²) >= 11 is 0. The molecule has 7 nitrogen and oxygen atoms in total. The molecule has 0 spiro atoms.